The minimum Gasteiger partial charge on any atom is -0.486 e. The molecular weight excluding hydrogens is 412 g/mol. The van der Waals surface area contributed by atoms with Crippen LogP contribution in [0, 0.1) is 6.92 Å². The molecule has 1 aromatic heterocycles. The number of aromatic nitrogens is 3. The molecule has 1 saturated heterocycles. The predicted octanol–water partition coefficient (Wildman–Crippen LogP) is 1.28. The second-order valence-corrected chi connectivity index (χ2v) is 7.53. The molecule has 2 N–H and O–H groups in total. The average molecular weight is 439 g/mol. The number of aryl methyl sites for hydroxylation is 1. The summed E-state index contributed by atoms with van der Waals surface area (Å²) in [5.74, 6) is -0.954. The third kappa shape index (κ3) is 8.01. The van der Waals surface area contributed by atoms with Crippen molar-refractivity contribution in [3.63, 3.8) is 0 Å². The molecule has 0 aliphatic carbocycles. The van der Waals surface area contributed by atoms with Crippen molar-refractivity contribution in [3.8, 4) is 5.75 Å². The normalized spacial score (nSPS) is 13.9. The molecule has 11 heteroatoms. The van der Waals surface area contributed by atoms with Crippen LogP contribution in [0.15, 0.2) is 29.4 Å². The zero-order valence-corrected chi connectivity index (χ0v) is 17.8. The molecule has 30 heavy (non-hydrogen) atoms. The van der Waals surface area contributed by atoms with Gasteiger partial charge in [-0.1, -0.05) is 29.5 Å². The van der Waals surface area contributed by atoms with Gasteiger partial charge in [-0.3, -0.25) is 4.90 Å². The third-order valence-electron chi connectivity index (χ3n) is 4.24. The van der Waals surface area contributed by atoms with Gasteiger partial charge in [0.2, 0.25) is 0 Å². The molecule has 0 unspecified atom stereocenters. The first-order valence-electron chi connectivity index (χ1n) is 9.33. The number of hydrogen-bond acceptors (Lipinski definition) is 8. The second-order valence-electron chi connectivity index (χ2n) is 6.47. The quantitative estimate of drug-likeness (QED) is 0.482. The van der Waals surface area contributed by atoms with E-state index in [0.29, 0.717) is 6.61 Å². The predicted molar refractivity (Wildman–Crippen MR) is 110 cm³/mol. The summed E-state index contributed by atoms with van der Waals surface area (Å²) < 4.78 is 13.2. The molecular formula is C19H26N4O6S. The minimum absolute atomic E-state index is 0.427. The van der Waals surface area contributed by atoms with Crippen LogP contribution in [-0.4, -0.2) is 80.4 Å². The van der Waals surface area contributed by atoms with Crippen LogP contribution in [-0.2, 0) is 28.0 Å². The van der Waals surface area contributed by atoms with E-state index >= 15 is 0 Å². The fraction of sp³-hybridized carbons (Fsp3) is 0.474. The molecule has 0 radical (unpaired) electrons. The molecule has 0 amide bonds. The summed E-state index contributed by atoms with van der Waals surface area (Å²) in [5.41, 5.74) is 1.22. The van der Waals surface area contributed by atoms with Gasteiger partial charge in [0.25, 0.3) is 0 Å². The minimum atomic E-state index is -1.82. The molecule has 1 fully saturated rings. The molecule has 2 aromatic rings. The first-order valence-corrected chi connectivity index (χ1v) is 10.3. The molecule has 1 aliphatic rings. The summed E-state index contributed by atoms with van der Waals surface area (Å²) in [5, 5.41) is 24.2. The van der Waals surface area contributed by atoms with Gasteiger partial charge >= 0.3 is 11.9 Å². The number of hydrogen-bond donors (Lipinski definition) is 2. The number of carbonyl (C=O) groups is 2. The molecule has 2 heterocycles. The second kappa shape index (κ2) is 12.2. The van der Waals surface area contributed by atoms with E-state index in [4.69, 9.17) is 29.3 Å². The molecule has 1 aliphatic heterocycles. The Hall–Kier alpha value is -2.63. The fourth-order valence-corrected chi connectivity index (χ4v) is 3.40. The monoisotopic (exact) mass is 438 g/mol. The maximum Gasteiger partial charge on any atom is 0.414 e. The summed E-state index contributed by atoms with van der Waals surface area (Å²) in [6, 6.07) is 8.03. The van der Waals surface area contributed by atoms with E-state index in [1.54, 1.807) is 11.8 Å². The highest BCUT2D eigenvalue weighted by Gasteiger charge is 2.13. The average Bonchev–Trinajstić information content (AvgIpc) is 3.08. The van der Waals surface area contributed by atoms with Crippen LogP contribution >= 0.6 is 11.8 Å². The van der Waals surface area contributed by atoms with E-state index in [2.05, 4.69) is 22.0 Å². The van der Waals surface area contributed by atoms with Crippen LogP contribution in [0.25, 0.3) is 0 Å². The molecule has 0 bridgehead atoms. The Morgan fingerprint density at radius 1 is 1.13 bits per heavy atom. The zero-order valence-electron chi connectivity index (χ0n) is 17.0. The van der Waals surface area contributed by atoms with Gasteiger partial charge in [0.05, 0.1) is 13.2 Å². The SMILES string of the molecule is Cc1ccc(OCc2nnc(SCCN3CCOCC3)n2C)cc1.O=C(O)C(=O)O. The number of carboxylic acids is 2. The van der Waals surface area contributed by atoms with Gasteiger partial charge in [-0.15, -0.1) is 10.2 Å². The van der Waals surface area contributed by atoms with Gasteiger partial charge in [-0.2, -0.15) is 0 Å². The molecule has 3 rings (SSSR count). The summed E-state index contributed by atoms with van der Waals surface area (Å²) in [6.07, 6.45) is 0. The number of aliphatic carboxylic acids is 2. The lowest BCUT2D eigenvalue weighted by Crippen LogP contribution is -2.37. The maximum absolute atomic E-state index is 9.10. The van der Waals surface area contributed by atoms with Crippen molar-refractivity contribution >= 4 is 23.7 Å². The lowest BCUT2D eigenvalue weighted by Gasteiger charge is -2.26. The number of benzene rings is 1. The van der Waals surface area contributed by atoms with Crippen molar-refractivity contribution in [1.29, 1.82) is 0 Å². The summed E-state index contributed by atoms with van der Waals surface area (Å²) in [4.78, 5) is 20.6. The Kier molecular flexibility index (Phi) is 9.58. The Bertz CT molecular complexity index is 809. The fourth-order valence-electron chi connectivity index (χ4n) is 2.47. The van der Waals surface area contributed by atoms with E-state index in [9.17, 15) is 0 Å². The number of carboxylic acid groups (broad SMARTS) is 2. The van der Waals surface area contributed by atoms with E-state index < -0.39 is 11.9 Å². The van der Waals surface area contributed by atoms with E-state index in [-0.39, 0.29) is 0 Å². The lowest BCUT2D eigenvalue weighted by atomic mass is 10.2. The third-order valence-corrected chi connectivity index (χ3v) is 5.24. The maximum atomic E-state index is 9.10. The molecule has 0 atom stereocenters. The van der Waals surface area contributed by atoms with Crippen molar-refractivity contribution in [2.24, 2.45) is 7.05 Å². The summed E-state index contributed by atoms with van der Waals surface area (Å²) >= 11 is 1.74. The Morgan fingerprint density at radius 2 is 1.77 bits per heavy atom. The number of thioether (sulfide) groups is 1. The van der Waals surface area contributed by atoms with Crippen LogP contribution in [0.4, 0.5) is 0 Å². The van der Waals surface area contributed by atoms with Crippen molar-refractivity contribution in [2.75, 3.05) is 38.6 Å². The van der Waals surface area contributed by atoms with Crippen LogP contribution in [0.2, 0.25) is 0 Å². The molecule has 0 saturated carbocycles. The van der Waals surface area contributed by atoms with Gasteiger partial charge < -0.3 is 24.3 Å². The molecule has 164 valence electrons. The zero-order chi connectivity index (χ0) is 21.9. The van der Waals surface area contributed by atoms with Gasteiger partial charge in [-0.05, 0) is 19.1 Å². The van der Waals surface area contributed by atoms with Crippen LogP contribution in [0.5, 0.6) is 5.75 Å². The summed E-state index contributed by atoms with van der Waals surface area (Å²) in [6.45, 7) is 7.27. The Balaban J connectivity index is 0.000000469. The lowest BCUT2D eigenvalue weighted by molar-refractivity contribution is -0.159. The van der Waals surface area contributed by atoms with Crippen LogP contribution < -0.4 is 4.74 Å². The largest absolute Gasteiger partial charge is 0.486 e. The standard InChI is InChI=1S/C17H24N4O2S.C2H2O4/c1-14-3-5-15(6-4-14)23-13-16-18-19-17(20(16)2)24-12-9-21-7-10-22-11-8-21;3-1(4)2(5)6/h3-6H,7-13H2,1-2H3;(H,3,4)(H,5,6). The highest BCUT2D eigenvalue weighted by Crippen LogP contribution is 2.18. The first kappa shape index (κ1) is 23.6. The van der Waals surface area contributed by atoms with Gasteiger partial charge in [0.15, 0.2) is 11.0 Å². The van der Waals surface area contributed by atoms with E-state index in [1.165, 1.54) is 5.56 Å². The van der Waals surface area contributed by atoms with Crippen molar-refractivity contribution in [2.45, 2.75) is 18.7 Å². The highest BCUT2D eigenvalue weighted by molar-refractivity contribution is 7.99. The van der Waals surface area contributed by atoms with Crippen molar-refractivity contribution in [1.82, 2.24) is 19.7 Å². The topological polar surface area (TPSA) is 127 Å². The van der Waals surface area contributed by atoms with Gasteiger partial charge in [0, 0.05) is 32.4 Å². The molecule has 1 aromatic carbocycles. The molecule has 0 spiro atoms. The smallest absolute Gasteiger partial charge is 0.414 e. The highest BCUT2D eigenvalue weighted by atomic mass is 32.2. The van der Waals surface area contributed by atoms with E-state index in [1.807, 2.05) is 35.9 Å². The molecule has 10 nitrogen and oxygen atoms in total. The first-order chi connectivity index (χ1) is 14.4. The van der Waals surface area contributed by atoms with Gasteiger partial charge in [0.1, 0.15) is 12.4 Å². The number of rotatable bonds is 7. The number of ether oxygens (including phenoxy) is 2. The van der Waals surface area contributed by atoms with Crippen LogP contribution in [0.3, 0.4) is 0 Å². The number of nitrogens with zero attached hydrogens (tertiary/aromatic N) is 4. The van der Waals surface area contributed by atoms with Crippen LogP contribution in [0.1, 0.15) is 11.4 Å². The van der Waals surface area contributed by atoms with Crippen molar-refractivity contribution in [3.05, 3.63) is 35.7 Å². The number of morpholine rings is 1. The Morgan fingerprint density at radius 3 is 2.37 bits per heavy atom. The Labute approximate surface area is 178 Å². The van der Waals surface area contributed by atoms with E-state index in [0.717, 1.165) is 55.3 Å². The summed E-state index contributed by atoms with van der Waals surface area (Å²) in [7, 11) is 1.99. The van der Waals surface area contributed by atoms with Crippen molar-refractivity contribution < 1.29 is 29.3 Å². The van der Waals surface area contributed by atoms with Gasteiger partial charge in [-0.25, -0.2) is 9.59 Å².